The molecule has 0 spiro atoms. The van der Waals surface area contributed by atoms with E-state index in [4.69, 9.17) is 4.98 Å². The largest absolute Gasteiger partial charge is 0.353 e. The average molecular weight is 396 g/mol. The summed E-state index contributed by atoms with van der Waals surface area (Å²) in [5.74, 6) is 1.40. The third-order valence-corrected chi connectivity index (χ3v) is 6.42. The first kappa shape index (κ1) is 17.7. The van der Waals surface area contributed by atoms with Crippen LogP contribution in [0.15, 0.2) is 41.8 Å². The highest BCUT2D eigenvalue weighted by Crippen LogP contribution is 2.41. The summed E-state index contributed by atoms with van der Waals surface area (Å²) in [6.07, 6.45) is 2.62. The monoisotopic (exact) mass is 395 g/mol. The number of benzene rings is 1. The van der Waals surface area contributed by atoms with Crippen molar-refractivity contribution in [2.45, 2.75) is 25.3 Å². The molecule has 2 fully saturated rings. The number of piperazine rings is 1. The third kappa shape index (κ3) is 3.91. The molecule has 2 aliphatic rings. The number of nitrogens with zero attached hydrogens (tertiary/aromatic N) is 5. The van der Waals surface area contributed by atoms with Crippen LogP contribution in [0.5, 0.6) is 0 Å². The van der Waals surface area contributed by atoms with Gasteiger partial charge in [-0.15, -0.1) is 21.5 Å². The second kappa shape index (κ2) is 7.56. The molecule has 1 aromatic carbocycles. The summed E-state index contributed by atoms with van der Waals surface area (Å²) in [6, 6.07) is 10.3. The van der Waals surface area contributed by atoms with Crippen LogP contribution in [0.3, 0.4) is 0 Å². The van der Waals surface area contributed by atoms with Crippen molar-refractivity contribution in [1.29, 1.82) is 0 Å². The van der Waals surface area contributed by atoms with E-state index in [2.05, 4.69) is 25.4 Å². The molecule has 3 heterocycles. The van der Waals surface area contributed by atoms with Gasteiger partial charge in [-0.3, -0.25) is 4.90 Å². The number of thiazole rings is 1. The van der Waals surface area contributed by atoms with Gasteiger partial charge in [0.15, 0.2) is 5.82 Å². The van der Waals surface area contributed by atoms with E-state index < -0.39 is 0 Å². The van der Waals surface area contributed by atoms with E-state index in [0.717, 1.165) is 55.7 Å². The molecular weight excluding hydrogens is 373 g/mol. The first-order valence-electron chi connectivity index (χ1n) is 9.76. The summed E-state index contributed by atoms with van der Waals surface area (Å²) >= 11 is 1.82. The van der Waals surface area contributed by atoms with Crippen molar-refractivity contribution in [2.75, 3.05) is 31.1 Å². The first-order chi connectivity index (χ1) is 13.7. The topological polar surface area (TPSA) is 45.2 Å². The Kier molecular flexibility index (Phi) is 4.78. The Morgan fingerprint density at radius 2 is 1.75 bits per heavy atom. The van der Waals surface area contributed by atoms with Gasteiger partial charge in [0.2, 0.25) is 0 Å². The van der Waals surface area contributed by atoms with Crippen molar-refractivity contribution < 1.29 is 4.39 Å². The Morgan fingerprint density at radius 1 is 0.964 bits per heavy atom. The highest BCUT2D eigenvalue weighted by Gasteiger charge is 2.27. The summed E-state index contributed by atoms with van der Waals surface area (Å²) < 4.78 is 13.1. The predicted molar refractivity (Wildman–Crippen MR) is 109 cm³/mol. The summed E-state index contributed by atoms with van der Waals surface area (Å²) in [5, 5.41) is 12.3. The van der Waals surface area contributed by atoms with E-state index >= 15 is 0 Å². The van der Waals surface area contributed by atoms with Crippen LogP contribution in [0.1, 0.15) is 29.5 Å². The Labute approximate surface area is 167 Å². The predicted octanol–water partition coefficient (Wildman–Crippen LogP) is 3.94. The molecule has 0 amide bonds. The zero-order chi connectivity index (χ0) is 18.9. The van der Waals surface area contributed by atoms with E-state index in [9.17, 15) is 4.39 Å². The van der Waals surface area contributed by atoms with Gasteiger partial charge in [0.1, 0.15) is 5.82 Å². The summed E-state index contributed by atoms with van der Waals surface area (Å²) in [4.78, 5) is 9.54. The van der Waals surface area contributed by atoms with Crippen LogP contribution < -0.4 is 4.90 Å². The smallest absolute Gasteiger partial charge is 0.151 e. The fraction of sp³-hybridized carbons (Fsp3) is 0.381. The molecule has 1 saturated heterocycles. The Hall–Kier alpha value is -2.38. The molecule has 1 aliphatic carbocycles. The van der Waals surface area contributed by atoms with Crippen LogP contribution in [-0.4, -0.2) is 46.3 Å². The van der Waals surface area contributed by atoms with Crippen LogP contribution in [0, 0.1) is 5.82 Å². The lowest BCUT2D eigenvalue weighted by molar-refractivity contribution is 0.247. The maximum atomic E-state index is 13.1. The van der Waals surface area contributed by atoms with Crippen LogP contribution in [-0.2, 0) is 6.54 Å². The Bertz CT molecular complexity index is 928. The number of hydrogen-bond acceptors (Lipinski definition) is 6. The van der Waals surface area contributed by atoms with Crippen molar-refractivity contribution in [3.8, 4) is 11.3 Å². The third-order valence-electron chi connectivity index (χ3n) is 5.37. The van der Waals surface area contributed by atoms with E-state index in [-0.39, 0.29) is 5.82 Å². The van der Waals surface area contributed by atoms with Gasteiger partial charge in [0, 0.05) is 49.6 Å². The molecule has 0 radical (unpaired) electrons. The highest BCUT2D eigenvalue weighted by molar-refractivity contribution is 7.09. The zero-order valence-corrected chi connectivity index (χ0v) is 16.4. The standard InChI is InChI=1S/C21H22FN5S/c22-17-5-3-15(4-6-17)19-7-8-20(25-24-19)27-11-9-26(10-12-27)13-18-14-28-21(23-18)16-1-2-16/h3-8,14,16H,1-2,9-13H2. The summed E-state index contributed by atoms with van der Waals surface area (Å²) in [5.41, 5.74) is 2.85. The van der Waals surface area contributed by atoms with E-state index in [1.807, 2.05) is 23.5 Å². The molecule has 0 unspecified atom stereocenters. The molecule has 28 heavy (non-hydrogen) atoms. The van der Waals surface area contributed by atoms with Crippen molar-refractivity contribution in [3.05, 3.63) is 58.3 Å². The number of halogens is 1. The molecule has 0 bridgehead atoms. The lowest BCUT2D eigenvalue weighted by Crippen LogP contribution is -2.46. The van der Waals surface area contributed by atoms with Gasteiger partial charge < -0.3 is 4.90 Å². The van der Waals surface area contributed by atoms with Crippen molar-refractivity contribution in [2.24, 2.45) is 0 Å². The Balaban J connectivity index is 1.17. The molecule has 5 nitrogen and oxygen atoms in total. The molecule has 5 rings (SSSR count). The van der Waals surface area contributed by atoms with Crippen LogP contribution in [0.25, 0.3) is 11.3 Å². The molecule has 7 heteroatoms. The maximum Gasteiger partial charge on any atom is 0.151 e. The van der Waals surface area contributed by atoms with E-state index in [1.54, 1.807) is 12.1 Å². The van der Waals surface area contributed by atoms with Gasteiger partial charge in [0.25, 0.3) is 0 Å². The van der Waals surface area contributed by atoms with Crippen LogP contribution >= 0.6 is 11.3 Å². The second-order valence-electron chi connectivity index (χ2n) is 7.50. The van der Waals surface area contributed by atoms with Crippen molar-refractivity contribution in [3.63, 3.8) is 0 Å². The van der Waals surface area contributed by atoms with Crippen molar-refractivity contribution in [1.82, 2.24) is 20.1 Å². The average Bonchev–Trinajstić information content (AvgIpc) is 3.49. The number of aromatic nitrogens is 3. The lowest BCUT2D eigenvalue weighted by atomic mass is 10.1. The normalized spacial score (nSPS) is 17.8. The summed E-state index contributed by atoms with van der Waals surface area (Å²) in [6.45, 7) is 4.80. The fourth-order valence-electron chi connectivity index (χ4n) is 3.55. The fourth-order valence-corrected chi connectivity index (χ4v) is 4.53. The minimum Gasteiger partial charge on any atom is -0.353 e. The molecule has 2 aromatic heterocycles. The quantitative estimate of drug-likeness (QED) is 0.655. The molecular formula is C21H22FN5S. The molecule has 1 aliphatic heterocycles. The molecule has 0 atom stereocenters. The van der Waals surface area contributed by atoms with Gasteiger partial charge in [0.05, 0.1) is 16.4 Å². The van der Waals surface area contributed by atoms with Gasteiger partial charge in [-0.05, 0) is 49.2 Å². The zero-order valence-electron chi connectivity index (χ0n) is 15.6. The van der Waals surface area contributed by atoms with Gasteiger partial charge >= 0.3 is 0 Å². The molecule has 3 aromatic rings. The van der Waals surface area contributed by atoms with E-state index in [0.29, 0.717) is 0 Å². The minimum absolute atomic E-state index is 0.243. The van der Waals surface area contributed by atoms with Gasteiger partial charge in [-0.1, -0.05) is 0 Å². The highest BCUT2D eigenvalue weighted by atomic mass is 32.1. The summed E-state index contributed by atoms with van der Waals surface area (Å²) in [7, 11) is 0. The van der Waals surface area contributed by atoms with E-state index in [1.165, 1.54) is 35.7 Å². The van der Waals surface area contributed by atoms with Gasteiger partial charge in [-0.2, -0.15) is 0 Å². The minimum atomic E-state index is -0.243. The van der Waals surface area contributed by atoms with Crippen LogP contribution in [0.2, 0.25) is 0 Å². The number of anilines is 1. The molecule has 0 N–H and O–H groups in total. The lowest BCUT2D eigenvalue weighted by Gasteiger charge is -2.34. The van der Waals surface area contributed by atoms with Gasteiger partial charge in [-0.25, -0.2) is 9.37 Å². The first-order valence-corrected chi connectivity index (χ1v) is 10.6. The number of rotatable bonds is 5. The second-order valence-corrected chi connectivity index (χ2v) is 8.39. The van der Waals surface area contributed by atoms with Crippen LogP contribution in [0.4, 0.5) is 10.2 Å². The maximum absolute atomic E-state index is 13.1. The van der Waals surface area contributed by atoms with Crippen molar-refractivity contribution >= 4 is 17.2 Å². The molecule has 1 saturated carbocycles. The Morgan fingerprint density at radius 3 is 2.43 bits per heavy atom. The molecule has 144 valence electrons. The number of hydrogen-bond donors (Lipinski definition) is 0. The SMILES string of the molecule is Fc1ccc(-c2ccc(N3CCN(Cc4csc(C5CC5)n4)CC3)nn2)cc1.